The number of rotatable bonds is 5. The number of pyridine rings is 1. The first-order valence-electron chi connectivity index (χ1n) is 6.26. The Kier molecular flexibility index (Phi) is 4.63. The van der Waals surface area contributed by atoms with Crippen molar-refractivity contribution in [2.24, 2.45) is 5.92 Å². The molecule has 0 aromatic carbocycles. The van der Waals surface area contributed by atoms with Crippen LogP contribution in [0.5, 0.6) is 0 Å². The van der Waals surface area contributed by atoms with E-state index in [0.717, 1.165) is 16.3 Å². The summed E-state index contributed by atoms with van der Waals surface area (Å²) in [6.07, 6.45) is 4.06. The molecule has 19 heavy (non-hydrogen) atoms. The summed E-state index contributed by atoms with van der Waals surface area (Å²) in [5.41, 5.74) is 1.95. The summed E-state index contributed by atoms with van der Waals surface area (Å²) in [5.74, 6) is 0.455. The Hall–Kier alpha value is -1.75. The minimum absolute atomic E-state index is 0.0773. The lowest BCUT2D eigenvalue weighted by molar-refractivity contribution is -0.121. The Balaban J connectivity index is 1.93. The van der Waals surface area contributed by atoms with Crippen LogP contribution in [-0.2, 0) is 11.3 Å². The fourth-order valence-electron chi connectivity index (χ4n) is 1.65. The van der Waals surface area contributed by atoms with Crippen LogP contribution in [0.15, 0.2) is 29.9 Å². The van der Waals surface area contributed by atoms with Gasteiger partial charge in [0.1, 0.15) is 5.01 Å². The maximum Gasteiger partial charge on any atom is 0.220 e. The second kappa shape index (κ2) is 6.43. The van der Waals surface area contributed by atoms with E-state index in [1.807, 2.05) is 31.4 Å². The number of hydrogen-bond donors (Lipinski definition) is 1. The standard InChI is InChI=1S/C14H17N3OS/c1-10(2)7-13(18)16-8-12-9-19-14(17-12)11-3-5-15-6-4-11/h3-6,9-10H,7-8H2,1-2H3,(H,16,18). The van der Waals surface area contributed by atoms with Gasteiger partial charge in [-0.3, -0.25) is 9.78 Å². The highest BCUT2D eigenvalue weighted by Crippen LogP contribution is 2.22. The fraction of sp³-hybridized carbons (Fsp3) is 0.357. The Morgan fingerprint density at radius 1 is 1.37 bits per heavy atom. The summed E-state index contributed by atoms with van der Waals surface area (Å²) in [6, 6.07) is 3.86. The molecule has 0 bridgehead atoms. The normalized spacial score (nSPS) is 10.7. The first-order valence-corrected chi connectivity index (χ1v) is 7.14. The quantitative estimate of drug-likeness (QED) is 0.913. The molecule has 0 aliphatic heterocycles. The maximum atomic E-state index is 11.6. The monoisotopic (exact) mass is 275 g/mol. The SMILES string of the molecule is CC(C)CC(=O)NCc1csc(-c2ccncc2)n1. The molecule has 0 aliphatic rings. The van der Waals surface area contributed by atoms with Gasteiger partial charge in [0.05, 0.1) is 12.2 Å². The van der Waals surface area contributed by atoms with Crippen LogP contribution in [0.25, 0.3) is 10.6 Å². The van der Waals surface area contributed by atoms with E-state index < -0.39 is 0 Å². The molecule has 0 saturated carbocycles. The van der Waals surface area contributed by atoms with Gasteiger partial charge in [-0.15, -0.1) is 11.3 Å². The van der Waals surface area contributed by atoms with E-state index in [4.69, 9.17) is 0 Å². The highest BCUT2D eigenvalue weighted by atomic mass is 32.1. The van der Waals surface area contributed by atoms with Crippen LogP contribution >= 0.6 is 11.3 Å². The van der Waals surface area contributed by atoms with Crippen molar-refractivity contribution in [1.82, 2.24) is 15.3 Å². The fourth-order valence-corrected chi connectivity index (χ4v) is 2.47. The second-order valence-corrected chi connectivity index (χ2v) is 5.61. The van der Waals surface area contributed by atoms with Gasteiger partial charge >= 0.3 is 0 Å². The number of carbonyl (C=O) groups is 1. The summed E-state index contributed by atoms with van der Waals surface area (Å²) in [4.78, 5) is 20.1. The van der Waals surface area contributed by atoms with Crippen molar-refractivity contribution in [2.45, 2.75) is 26.8 Å². The predicted octanol–water partition coefficient (Wildman–Crippen LogP) is 2.87. The van der Waals surface area contributed by atoms with E-state index in [2.05, 4.69) is 15.3 Å². The molecule has 4 nitrogen and oxygen atoms in total. The molecule has 2 aromatic rings. The molecule has 100 valence electrons. The molecule has 0 radical (unpaired) electrons. The van der Waals surface area contributed by atoms with Gasteiger partial charge in [0.25, 0.3) is 0 Å². The summed E-state index contributed by atoms with van der Waals surface area (Å²) < 4.78 is 0. The van der Waals surface area contributed by atoms with Gasteiger partial charge < -0.3 is 5.32 Å². The zero-order valence-corrected chi connectivity index (χ0v) is 11.9. The first kappa shape index (κ1) is 13.7. The third-order valence-corrected chi connectivity index (χ3v) is 3.48. The number of aromatic nitrogens is 2. The average Bonchev–Trinajstić information content (AvgIpc) is 2.85. The third kappa shape index (κ3) is 4.13. The predicted molar refractivity (Wildman–Crippen MR) is 76.6 cm³/mol. The van der Waals surface area contributed by atoms with E-state index in [-0.39, 0.29) is 5.91 Å². The zero-order chi connectivity index (χ0) is 13.7. The van der Waals surface area contributed by atoms with E-state index in [1.165, 1.54) is 0 Å². The molecule has 1 N–H and O–H groups in total. The highest BCUT2D eigenvalue weighted by molar-refractivity contribution is 7.13. The smallest absolute Gasteiger partial charge is 0.220 e. The van der Waals surface area contributed by atoms with Crippen LogP contribution in [0, 0.1) is 5.92 Å². The molecule has 1 amide bonds. The number of nitrogens with zero attached hydrogens (tertiary/aromatic N) is 2. The van der Waals surface area contributed by atoms with Gasteiger partial charge in [-0.25, -0.2) is 4.98 Å². The molecule has 0 aliphatic carbocycles. The topological polar surface area (TPSA) is 54.9 Å². The van der Waals surface area contributed by atoms with Crippen LogP contribution < -0.4 is 5.32 Å². The second-order valence-electron chi connectivity index (χ2n) is 4.75. The molecular formula is C14H17N3OS. The molecule has 0 saturated heterocycles. The first-order chi connectivity index (χ1) is 9.15. The summed E-state index contributed by atoms with van der Waals surface area (Å²) in [6.45, 7) is 4.56. The van der Waals surface area contributed by atoms with Gasteiger partial charge in [-0.2, -0.15) is 0 Å². The average molecular weight is 275 g/mol. The van der Waals surface area contributed by atoms with Crippen LogP contribution in [0.4, 0.5) is 0 Å². The summed E-state index contributed by atoms with van der Waals surface area (Å²) in [7, 11) is 0. The lowest BCUT2D eigenvalue weighted by Gasteiger charge is -2.05. The van der Waals surface area contributed by atoms with Gasteiger partial charge in [0, 0.05) is 29.8 Å². The van der Waals surface area contributed by atoms with Crippen LogP contribution in [0.1, 0.15) is 26.0 Å². The van der Waals surface area contributed by atoms with E-state index in [9.17, 15) is 4.79 Å². The van der Waals surface area contributed by atoms with Crippen LogP contribution in [-0.4, -0.2) is 15.9 Å². The Bertz CT molecular complexity index is 537. The van der Waals surface area contributed by atoms with Gasteiger partial charge in [-0.05, 0) is 18.1 Å². The van der Waals surface area contributed by atoms with Gasteiger partial charge in [-0.1, -0.05) is 13.8 Å². The molecule has 0 unspecified atom stereocenters. The van der Waals surface area contributed by atoms with Crippen molar-refractivity contribution in [2.75, 3.05) is 0 Å². The number of nitrogens with one attached hydrogen (secondary N) is 1. The van der Waals surface area contributed by atoms with Crippen molar-refractivity contribution in [3.05, 3.63) is 35.6 Å². The zero-order valence-electron chi connectivity index (χ0n) is 11.1. The largest absolute Gasteiger partial charge is 0.350 e. The van der Waals surface area contributed by atoms with Crippen LogP contribution in [0.3, 0.4) is 0 Å². The van der Waals surface area contributed by atoms with Gasteiger partial charge in [0.15, 0.2) is 0 Å². The van der Waals surface area contributed by atoms with Crippen LogP contribution in [0.2, 0.25) is 0 Å². The Labute approximate surface area is 116 Å². The Morgan fingerprint density at radius 3 is 2.79 bits per heavy atom. The number of amides is 1. The van der Waals surface area contributed by atoms with Gasteiger partial charge in [0.2, 0.25) is 5.91 Å². The molecule has 2 aromatic heterocycles. The molecule has 5 heteroatoms. The molecular weight excluding hydrogens is 258 g/mol. The highest BCUT2D eigenvalue weighted by Gasteiger charge is 2.07. The number of hydrogen-bond acceptors (Lipinski definition) is 4. The lowest BCUT2D eigenvalue weighted by atomic mass is 10.1. The molecule has 2 rings (SSSR count). The molecule has 0 atom stereocenters. The number of thiazole rings is 1. The van der Waals surface area contributed by atoms with E-state index in [0.29, 0.717) is 18.9 Å². The van der Waals surface area contributed by atoms with E-state index >= 15 is 0 Å². The van der Waals surface area contributed by atoms with Crippen molar-refractivity contribution in [3.63, 3.8) is 0 Å². The summed E-state index contributed by atoms with van der Waals surface area (Å²) >= 11 is 1.58. The minimum Gasteiger partial charge on any atom is -0.350 e. The van der Waals surface area contributed by atoms with Crippen molar-refractivity contribution in [3.8, 4) is 10.6 Å². The number of carbonyl (C=O) groups excluding carboxylic acids is 1. The van der Waals surface area contributed by atoms with E-state index in [1.54, 1.807) is 23.7 Å². The molecule has 2 heterocycles. The lowest BCUT2D eigenvalue weighted by Crippen LogP contribution is -2.24. The minimum atomic E-state index is 0.0773. The van der Waals surface area contributed by atoms with Crippen molar-refractivity contribution in [1.29, 1.82) is 0 Å². The molecule has 0 spiro atoms. The summed E-state index contributed by atoms with van der Waals surface area (Å²) in [5, 5.41) is 5.82. The molecule has 0 fully saturated rings. The third-order valence-electron chi connectivity index (χ3n) is 2.54. The maximum absolute atomic E-state index is 11.6. The van der Waals surface area contributed by atoms with Crippen molar-refractivity contribution < 1.29 is 4.79 Å². The Morgan fingerprint density at radius 2 is 2.11 bits per heavy atom. The van der Waals surface area contributed by atoms with Crippen molar-refractivity contribution >= 4 is 17.2 Å².